The lowest BCUT2D eigenvalue weighted by molar-refractivity contribution is -0.123. The highest BCUT2D eigenvalue weighted by molar-refractivity contribution is 5.86. The highest BCUT2D eigenvalue weighted by Gasteiger charge is 2.31. The smallest absolute Gasteiger partial charge is 0.227 e. The second kappa shape index (κ2) is 6.20. The minimum absolute atomic E-state index is 0.0231. The molecule has 1 aromatic carbocycles. The summed E-state index contributed by atoms with van der Waals surface area (Å²) in [6.07, 6.45) is 2.28. The van der Waals surface area contributed by atoms with Crippen molar-refractivity contribution in [3.05, 3.63) is 35.4 Å². The Morgan fingerprint density at radius 1 is 1.37 bits per heavy atom. The number of carbonyl (C=O) groups is 1. The maximum Gasteiger partial charge on any atom is 0.227 e. The Bertz CT molecular complexity index is 440. The quantitative estimate of drug-likeness (QED) is 0.825. The van der Waals surface area contributed by atoms with E-state index in [1.54, 1.807) is 0 Å². The molecule has 3 nitrogen and oxygen atoms in total. The molecular weight excluding hydrogens is 238 g/mol. The molecule has 3 heteroatoms. The van der Waals surface area contributed by atoms with Crippen LogP contribution in [0.3, 0.4) is 0 Å². The minimum atomic E-state index is -0.436. The van der Waals surface area contributed by atoms with Gasteiger partial charge in [-0.3, -0.25) is 4.79 Å². The molecule has 1 amide bonds. The number of amides is 1. The van der Waals surface area contributed by atoms with E-state index in [9.17, 15) is 9.90 Å². The summed E-state index contributed by atoms with van der Waals surface area (Å²) in [5.41, 5.74) is 2.40. The number of aliphatic hydroxyl groups excluding tert-OH is 1. The van der Waals surface area contributed by atoms with Crippen LogP contribution in [0.1, 0.15) is 43.7 Å². The van der Waals surface area contributed by atoms with Gasteiger partial charge in [0.25, 0.3) is 0 Å². The van der Waals surface area contributed by atoms with Crippen LogP contribution in [0.15, 0.2) is 24.3 Å². The Kier molecular flexibility index (Phi) is 4.59. The van der Waals surface area contributed by atoms with Crippen molar-refractivity contribution >= 4 is 5.91 Å². The largest absolute Gasteiger partial charge is 0.391 e. The molecule has 0 spiro atoms. The van der Waals surface area contributed by atoms with Crippen LogP contribution in [0.5, 0.6) is 0 Å². The predicted octanol–water partition coefficient (Wildman–Crippen LogP) is 2.24. The molecule has 0 saturated heterocycles. The normalized spacial score (nSPS) is 18.6. The molecule has 0 fully saturated rings. The van der Waals surface area contributed by atoms with E-state index in [1.807, 2.05) is 18.2 Å². The van der Waals surface area contributed by atoms with E-state index >= 15 is 0 Å². The summed E-state index contributed by atoms with van der Waals surface area (Å²) >= 11 is 0. The van der Waals surface area contributed by atoms with Gasteiger partial charge in [-0.05, 0) is 23.5 Å². The molecule has 0 heterocycles. The van der Waals surface area contributed by atoms with Crippen LogP contribution < -0.4 is 5.32 Å². The number of fused-ring (bicyclic) bond motifs is 1. The van der Waals surface area contributed by atoms with E-state index in [0.29, 0.717) is 6.54 Å². The van der Waals surface area contributed by atoms with E-state index in [0.717, 1.165) is 24.8 Å². The third kappa shape index (κ3) is 2.98. The Morgan fingerprint density at radius 2 is 2.05 bits per heavy atom. The van der Waals surface area contributed by atoms with Gasteiger partial charge in [0.2, 0.25) is 5.91 Å². The van der Waals surface area contributed by atoms with E-state index in [4.69, 9.17) is 0 Å². The molecule has 0 radical (unpaired) electrons. The first-order valence-corrected chi connectivity index (χ1v) is 7.20. The van der Waals surface area contributed by atoms with Crippen LogP contribution in [0.2, 0.25) is 0 Å². The Morgan fingerprint density at radius 3 is 2.68 bits per heavy atom. The Labute approximate surface area is 115 Å². The van der Waals surface area contributed by atoms with Gasteiger partial charge in [0.05, 0.1) is 12.0 Å². The SMILES string of the molecule is CCC(CC)C(O)CNC(=O)C1Cc2ccccc21. The highest BCUT2D eigenvalue weighted by Crippen LogP contribution is 2.34. The van der Waals surface area contributed by atoms with E-state index < -0.39 is 6.10 Å². The van der Waals surface area contributed by atoms with Crippen LogP contribution >= 0.6 is 0 Å². The number of hydrogen-bond donors (Lipinski definition) is 2. The lowest BCUT2D eigenvalue weighted by Crippen LogP contribution is -2.41. The zero-order valence-corrected chi connectivity index (χ0v) is 11.7. The van der Waals surface area contributed by atoms with Crippen molar-refractivity contribution in [1.29, 1.82) is 0 Å². The number of benzene rings is 1. The second-order valence-electron chi connectivity index (χ2n) is 5.34. The van der Waals surface area contributed by atoms with Gasteiger partial charge >= 0.3 is 0 Å². The summed E-state index contributed by atoms with van der Waals surface area (Å²) in [6, 6.07) is 8.06. The molecule has 19 heavy (non-hydrogen) atoms. The van der Waals surface area contributed by atoms with Crippen molar-refractivity contribution < 1.29 is 9.90 Å². The first kappa shape index (κ1) is 14.1. The van der Waals surface area contributed by atoms with Gasteiger partial charge in [-0.25, -0.2) is 0 Å². The molecule has 0 bridgehead atoms. The van der Waals surface area contributed by atoms with Gasteiger partial charge in [-0.2, -0.15) is 0 Å². The summed E-state index contributed by atoms with van der Waals surface area (Å²) in [4.78, 5) is 12.1. The maximum atomic E-state index is 12.1. The lowest BCUT2D eigenvalue weighted by Gasteiger charge is -2.29. The molecule has 2 unspecified atom stereocenters. The van der Waals surface area contributed by atoms with Crippen LogP contribution in [-0.4, -0.2) is 23.7 Å². The molecular formula is C16H23NO2. The summed E-state index contributed by atoms with van der Waals surface area (Å²) in [5, 5.41) is 12.9. The van der Waals surface area contributed by atoms with Crippen LogP contribution in [0.25, 0.3) is 0 Å². The summed E-state index contributed by atoms with van der Waals surface area (Å²) in [5.74, 6) is 0.294. The number of aliphatic hydroxyl groups is 1. The minimum Gasteiger partial charge on any atom is -0.391 e. The van der Waals surface area contributed by atoms with Crippen molar-refractivity contribution in [2.75, 3.05) is 6.54 Å². The molecule has 0 saturated carbocycles. The first-order chi connectivity index (χ1) is 9.17. The topological polar surface area (TPSA) is 49.3 Å². The van der Waals surface area contributed by atoms with Gasteiger partial charge in [0.15, 0.2) is 0 Å². The molecule has 0 aliphatic heterocycles. The summed E-state index contributed by atoms with van der Waals surface area (Å²) in [6.45, 7) is 4.51. The van der Waals surface area contributed by atoms with E-state index in [-0.39, 0.29) is 17.7 Å². The molecule has 2 atom stereocenters. The zero-order valence-electron chi connectivity index (χ0n) is 11.7. The van der Waals surface area contributed by atoms with Crippen molar-refractivity contribution in [2.24, 2.45) is 5.92 Å². The number of nitrogens with one attached hydrogen (secondary N) is 1. The molecule has 2 N–H and O–H groups in total. The number of rotatable bonds is 6. The predicted molar refractivity (Wildman–Crippen MR) is 76.0 cm³/mol. The molecule has 1 aliphatic carbocycles. The fourth-order valence-electron chi connectivity index (χ4n) is 2.82. The van der Waals surface area contributed by atoms with Crippen molar-refractivity contribution in [2.45, 2.75) is 45.1 Å². The van der Waals surface area contributed by atoms with E-state index in [2.05, 4.69) is 25.2 Å². The summed E-state index contributed by atoms with van der Waals surface area (Å²) in [7, 11) is 0. The second-order valence-corrected chi connectivity index (χ2v) is 5.34. The third-order valence-electron chi connectivity index (χ3n) is 4.25. The van der Waals surface area contributed by atoms with Gasteiger partial charge in [0, 0.05) is 6.54 Å². The monoisotopic (exact) mass is 261 g/mol. The maximum absolute atomic E-state index is 12.1. The van der Waals surface area contributed by atoms with Gasteiger partial charge in [-0.1, -0.05) is 51.0 Å². The van der Waals surface area contributed by atoms with Crippen molar-refractivity contribution in [3.8, 4) is 0 Å². The zero-order chi connectivity index (χ0) is 13.8. The van der Waals surface area contributed by atoms with Crippen LogP contribution in [0, 0.1) is 5.92 Å². The molecule has 2 rings (SSSR count). The molecule has 1 aliphatic rings. The number of carbonyl (C=O) groups excluding carboxylic acids is 1. The van der Waals surface area contributed by atoms with E-state index in [1.165, 1.54) is 5.56 Å². The first-order valence-electron chi connectivity index (χ1n) is 7.20. The molecule has 1 aromatic rings. The van der Waals surface area contributed by atoms with Crippen LogP contribution in [0.4, 0.5) is 0 Å². The standard InChI is InChI=1S/C16H23NO2/c1-3-11(4-2)15(18)10-17-16(19)14-9-12-7-5-6-8-13(12)14/h5-8,11,14-15,18H,3-4,9-10H2,1-2H3,(H,17,19). The van der Waals surface area contributed by atoms with Gasteiger partial charge in [-0.15, -0.1) is 0 Å². The Balaban J connectivity index is 1.84. The van der Waals surface area contributed by atoms with Crippen LogP contribution in [-0.2, 0) is 11.2 Å². The fourth-order valence-corrected chi connectivity index (χ4v) is 2.82. The third-order valence-corrected chi connectivity index (χ3v) is 4.25. The molecule has 0 aromatic heterocycles. The fraction of sp³-hybridized carbons (Fsp3) is 0.562. The van der Waals surface area contributed by atoms with Crippen molar-refractivity contribution in [3.63, 3.8) is 0 Å². The highest BCUT2D eigenvalue weighted by atomic mass is 16.3. The van der Waals surface area contributed by atoms with Crippen molar-refractivity contribution in [1.82, 2.24) is 5.32 Å². The van der Waals surface area contributed by atoms with Gasteiger partial charge < -0.3 is 10.4 Å². The Hall–Kier alpha value is -1.35. The molecule has 104 valence electrons. The lowest BCUT2D eigenvalue weighted by atomic mass is 9.77. The summed E-state index contributed by atoms with van der Waals surface area (Å²) < 4.78 is 0. The van der Waals surface area contributed by atoms with Gasteiger partial charge in [0.1, 0.15) is 0 Å². The average Bonchev–Trinajstić information content (AvgIpc) is 2.39. The average molecular weight is 261 g/mol. The number of hydrogen-bond acceptors (Lipinski definition) is 2.